The highest BCUT2D eigenvalue weighted by molar-refractivity contribution is 5.67. The van der Waals surface area contributed by atoms with Crippen LogP contribution in [0.2, 0.25) is 0 Å². The zero-order valence-corrected chi connectivity index (χ0v) is 11.7. The van der Waals surface area contributed by atoms with E-state index < -0.39 is 10.9 Å². The number of ether oxygens (including phenoxy) is 1. The minimum Gasteiger partial charge on any atom is -0.487 e. The van der Waals surface area contributed by atoms with Crippen LogP contribution in [0.4, 0.5) is 5.69 Å². The molecule has 110 valence electrons. The number of aliphatic carboxylic acids is 1. The van der Waals surface area contributed by atoms with Gasteiger partial charge >= 0.3 is 11.7 Å². The fourth-order valence-electron chi connectivity index (χ4n) is 1.64. The van der Waals surface area contributed by atoms with Crippen LogP contribution < -0.4 is 4.74 Å². The fraction of sp³-hybridized carbons (Fsp3) is 0.500. The monoisotopic (exact) mass is 281 g/mol. The number of rotatable bonds is 8. The molecule has 0 radical (unpaired) electrons. The van der Waals surface area contributed by atoms with E-state index in [-0.39, 0.29) is 24.3 Å². The van der Waals surface area contributed by atoms with Crippen molar-refractivity contribution in [2.45, 2.75) is 33.1 Å². The first kappa shape index (κ1) is 15.9. The maximum Gasteiger partial charge on any atom is 0.311 e. The molecule has 20 heavy (non-hydrogen) atoms. The topological polar surface area (TPSA) is 89.7 Å². The van der Waals surface area contributed by atoms with Crippen molar-refractivity contribution >= 4 is 11.7 Å². The molecule has 0 unspecified atom stereocenters. The summed E-state index contributed by atoms with van der Waals surface area (Å²) in [5.41, 5.74) is 0.506. The Labute approximate surface area is 117 Å². The number of carboxylic acid groups (broad SMARTS) is 1. The van der Waals surface area contributed by atoms with E-state index in [1.165, 1.54) is 12.1 Å². The summed E-state index contributed by atoms with van der Waals surface area (Å²) in [4.78, 5) is 21.0. The molecule has 0 aliphatic heterocycles. The molecule has 6 nitrogen and oxygen atoms in total. The molecular weight excluding hydrogens is 262 g/mol. The third kappa shape index (κ3) is 5.26. The van der Waals surface area contributed by atoms with Gasteiger partial charge in [-0.1, -0.05) is 19.9 Å². The summed E-state index contributed by atoms with van der Waals surface area (Å²) in [6.45, 7) is 4.52. The van der Waals surface area contributed by atoms with Gasteiger partial charge in [-0.05, 0) is 30.4 Å². The molecule has 0 aliphatic carbocycles. The van der Waals surface area contributed by atoms with Gasteiger partial charge in [-0.15, -0.1) is 0 Å². The number of benzene rings is 1. The molecule has 0 fully saturated rings. The Balaban J connectivity index is 2.79. The molecule has 0 bridgehead atoms. The number of aryl methyl sites for hydroxylation is 1. The van der Waals surface area contributed by atoms with Crippen molar-refractivity contribution in [3.63, 3.8) is 0 Å². The lowest BCUT2D eigenvalue weighted by Gasteiger charge is -2.09. The van der Waals surface area contributed by atoms with Gasteiger partial charge in [0, 0.05) is 12.5 Å². The first-order valence-electron chi connectivity index (χ1n) is 6.52. The molecule has 0 amide bonds. The van der Waals surface area contributed by atoms with Crippen molar-refractivity contribution in [2.24, 2.45) is 5.92 Å². The zero-order chi connectivity index (χ0) is 15.1. The van der Waals surface area contributed by atoms with E-state index in [2.05, 4.69) is 0 Å². The van der Waals surface area contributed by atoms with Crippen molar-refractivity contribution in [3.05, 3.63) is 33.9 Å². The van der Waals surface area contributed by atoms with Gasteiger partial charge in [-0.3, -0.25) is 14.9 Å². The minimum absolute atomic E-state index is 0.0509. The summed E-state index contributed by atoms with van der Waals surface area (Å²) in [5, 5.41) is 19.6. The van der Waals surface area contributed by atoms with E-state index in [0.717, 1.165) is 6.42 Å². The highest BCUT2D eigenvalue weighted by atomic mass is 16.6. The van der Waals surface area contributed by atoms with Gasteiger partial charge < -0.3 is 9.84 Å². The van der Waals surface area contributed by atoms with E-state index in [0.29, 0.717) is 18.1 Å². The van der Waals surface area contributed by atoms with Crippen LogP contribution in [0, 0.1) is 16.0 Å². The van der Waals surface area contributed by atoms with Crippen LogP contribution in [0.25, 0.3) is 0 Å². The molecule has 0 spiro atoms. The molecule has 0 saturated heterocycles. The van der Waals surface area contributed by atoms with Crippen molar-refractivity contribution in [1.82, 2.24) is 0 Å². The molecule has 6 heteroatoms. The molecule has 0 aromatic heterocycles. The van der Waals surface area contributed by atoms with Gasteiger partial charge in [-0.25, -0.2) is 0 Å². The largest absolute Gasteiger partial charge is 0.487 e. The summed E-state index contributed by atoms with van der Waals surface area (Å²) >= 11 is 0. The summed E-state index contributed by atoms with van der Waals surface area (Å²) in [5.74, 6) is -0.233. The molecule has 0 atom stereocenters. The summed E-state index contributed by atoms with van der Waals surface area (Å²) in [6, 6.07) is 4.59. The molecule has 1 aromatic carbocycles. The van der Waals surface area contributed by atoms with Crippen LogP contribution in [-0.4, -0.2) is 22.6 Å². The smallest absolute Gasteiger partial charge is 0.311 e. The van der Waals surface area contributed by atoms with E-state index in [1.54, 1.807) is 6.07 Å². The number of hydrogen-bond donors (Lipinski definition) is 1. The Hall–Kier alpha value is -2.11. The first-order chi connectivity index (χ1) is 9.40. The van der Waals surface area contributed by atoms with Crippen LogP contribution in [0.5, 0.6) is 5.75 Å². The molecule has 1 N–H and O–H groups in total. The lowest BCUT2D eigenvalue weighted by Crippen LogP contribution is -2.04. The van der Waals surface area contributed by atoms with Crippen LogP contribution in [0.1, 0.15) is 32.3 Å². The van der Waals surface area contributed by atoms with Crippen molar-refractivity contribution in [1.29, 1.82) is 0 Å². The number of carboxylic acids is 1. The molecule has 0 saturated carbocycles. The molecular formula is C14H19NO5. The fourth-order valence-corrected chi connectivity index (χ4v) is 1.64. The second kappa shape index (κ2) is 7.47. The number of hydrogen-bond acceptors (Lipinski definition) is 4. The van der Waals surface area contributed by atoms with E-state index in [4.69, 9.17) is 9.84 Å². The van der Waals surface area contributed by atoms with E-state index >= 15 is 0 Å². The standard InChI is InChI=1S/C14H19NO5/c1-10(2)7-8-20-13-5-3-11(4-6-14(16)17)9-12(13)15(18)19/h3,5,9-10H,4,6-8H2,1-2H3,(H,16,17). The molecule has 1 rings (SSSR count). The third-order valence-electron chi connectivity index (χ3n) is 2.80. The van der Waals surface area contributed by atoms with Gasteiger partial charge in [0.1, 0.15) is 0 Å². The average molecular weight is 281 g/mol. The van der Waals surface area contributed by atoms with Gasteiger partial charge in [0.05, 0.1) is 11.5 Å². The summed E-state index contributed by atoms with van der Waals surface area (Å²) < 4.78 is 5.43. The Kier molecular flexibility index (Phi) is 5.96. The van der Waals surface area contributed by atoms with E-state index in [1.807, 2.05) is 13.8 Å². The van der Waals surface area contributed by atoms with Crippen LogP contribution >= 0.6 is 0 Å². The Morgan fingerprint density at radius 1 is 1.45 bits per heavy atom. The first-order valence-corrected chi connectivity index (χ1v) is 6.52. The van der Waals surface area contributed by atoms with Gasteiger partial charge in [-0.2, -0.15) is 0 Å². The number of nitro benzene ring substituents is 1. The molecule has 0 heterocycles. The quantitative estimate of drug-likeness (QED) is 0.584. The third-order valence-corrected chi connectivity index (χ3v) is 2.80. The van der Waals surface area contributed by atoms with Crippen LogP contribution in [0.15, 0.2) is 18.2 Å². The Morgan fingerprint density at radius 3 is 2.70 bits per heavy atom. The second-order valence-electron chi connectivity index (χ2n) is 4.98. The zero-order valence-electron chi connectivity index (χ0n) is 11.7. The Bertz CT molecular complexity index is 484. The Morgan fingerprint density at radius 2 is 2.15 bits per heavy atom. The van der Waals surface area contributed by atoms with Crippen LogP contribution in [0.3, 0.4) is 0 Å². The SMILES string of the molecule is CC(C)CCOc1ccc(CCC(=O)O)cc1[N+](=O)[O-]. The number of nitro groups is 1. The van der Waals surface area contributed by atoms with Crippen LogP contribution in [-0.2, 0) is 11.2 Å². The van der Waals surface area contributed by atoms with Gasteiger partial charge in [0.25, 0.3) is 0 Å². The number of carbonyl (C=O) groups is 1. The average Bonchev–Trinajstić information content (AvgIpc) is 2.36. The van der Waals surface area contributed by atoms with E-state index in [9.17, 15) is 14.9 Å². The lowest BCUT2D eigenvalue weighted by molar-refractivity contribution is -0.385. The second-order valence-corrected chi connectivity index (χ2v) is 4.98. The summed E-state index contributed by atoms with van der Waals surface area (Å²) in [7, 11) is 0. The van der Waals surface area contributed by atoms with Gasteiger partial charge in [0.15, 0.2) is 5.75 Å². The maximum atomic E-state index is 11.0. The normalized spacial score (nSPS) is 10.6. The number of nitrogens with zero attached hydrogens (tertiary/aromatic N) is 1. The highest BCUT2D eigenvalue weighted by Crippen LogP contribution is 2.28. The predicted octanol–water partition coefficient (Wildman–Crippen LogP) is 3.04. The molecule has 1 aromatic rings. The van der Waals surface area contributed by atoms with Gasteiger partial charge in [0.2, 0.25) is 0 Å². The minimum atomic E-state index is -0.926. The molecule has 0 aliphatic rings. The lowest BCUT2D eigenvalue weighted by atomic mass is 10.1. The maximum absolute atomic E-state index is 11.0. The van der Waals surface area contributed by atoms with Crippen molar-refractivity contribution in [3.8, 4) is 5.75 Å². The summed E-state index contributed by atoms with van der Waals surface area (Å²) in [6.07, 6.45) is 1.03. The van der Waals surface area contributed by atoms with Crippen molar-refractivity contribution in [2.75, 3.05) is 6.61 Å². The highest BCUT2D eigenvalue weighted by Gasteiger charge is 2.16. The van der Waals surface area contributed by atoms with Crippen molar-refractivity contribution < 1.29 is 19.6 Å². The predicted molar refractivity (Wildman–Crippen MR) is 74.0 cm³/mol.